The van der Waals surface area contributed by atoms with Crippen LogP contribution < -0.4 is 10.6 Å². The maximum absolute atomic E-state index is 6.13. The first-order valence-electron chi connectivity index (χ1n) is 8.23. The van der Waals surface area contributed by atoms with E-state index in [2.05, 4.69) is 38.8 Å². The maximum atomic E-state index is 6.13. The van der Waals surface area contributed by atoms with Gasteiger partial charge in [-0.05, 0) is 49.1 Å². The molecule has 1 aromatic carbocycles. The molecular formula is C19H23ClN4. The molecule has 2 N–H and O–H groups in total. The molecule has 24 heavy (non-hydrogen) atoms. The highest BCUT2D eigenvalue weighted by Crippen LogP contribution is 2.48. The third kappa shape index (κ3) is 4.06. The Labute approximate surface area is 148 Å². The van der Waals surface area contributed by atoms with Gasteiger partial charge in [0.2, 0.25) is 0 Å². The second-order valence-electron chi connectivity index (χ2n) is 6.38. The van der Waals surface area contributed by atoms with Crippen molar-refractivity contribution in [1.82, 2.24) is 15.6 Å². The summed E-state index contributed by atoms with van der Waals surface area (Å²) in [5, 5.41) is 7.59. The van der Waals surface area contributed by atoms with Crippen molar-refractivity contribution >= 4 is 17.6 Å². The molecule has 0 bridgehead atoms. The zero-order valence-corrected chi connectivity index (χ0v) is 14.9. The van der Waals surface area contributed by atoms with Crippen molar-refractivity contribution in [2.45, 2.75) is 31.7 Å². The van der Waals surface area contributed by atoms with Crippen LogP contribution in [0.2, 0.25) is 5.02 Å². The van der Waals surface area contributed by atoms with Crippen molar-refractivity contribution < 1.29 is 0 Å². The molecule has 0 atom stereocenters. The van der Waals surface area contributed by atoms with Crippen molar-refractivity contribution in [3.8, 4) is 0 Å². The van der Waals surface area contributed by atoms with E-state index >= 15 is 0 Å². The van der Waals surface area contributed by atoms with Gasteiger partial charge in [0.1, 0.15) is 0 Å². The number of aromatic nitrogens is 1. The summed E-state index contributed by atoms with van der Waals surface area (Å²) >= 11 is 6.13. The van der Waals surface area contributed by atoms with Gasteiger partial charge >= 0.3 is 0 Å². The Morgan fingerprint density at radius 1 is 1.25 bits per heavy atom. The Morgan fingerprint density at radius 2 is 2.08 bits per heavy atom. The number of halogens is 1. The summed E-state index contributed by atoms with van der Waals surface area (Å²) in [5.41, 5.74) is 3.66. The van der Waals surface area contributed by atoms with E-state index in [9.17, 15) is 0 Å². The van der Waals surface area contributed by atoms with Gasteiger partial charge in [-0.2, -0.15) is 0 Å². The van der Waals surface area contributed by atoms with Crippen LogP contribution in [0.5, 0.6) is 0 Å². The number of aliphatic imine (C=N–C) groups is 1. The molecule has 1 aromatic heterocycles. The molecule has 1 aliphatic carbocycles. The van der Waals surface area contributed by atoms with Crippen LogP contribution in [-0.2, 0) is 12.0 Å². The molecule has 0 amide bonds. The van der Waals surface area contributed by atoms with E-state index in [-0.39, 0.29) is 5.41 Å². The normalized spacial score (nSPS) is 15.9. The maximum Gasteiger partial charge on any atom is 0.191 e. The van der Waals surface area contributed by atoms with E-state index < -0.39 is 0 Å². The smallest absolute Gasteiger partial charge is 0.191 e. The molecule has 0 spiro atoms. The fraction of sp³-hybridized carbons (Fsp3) is 0.368. The van der Waals surface area contributed by atoms with E-state index in [4.69, 9.17) is 11.6 Å². The minimum Gasteiger partial charge on any atom is -0.356 e. The number of nitrogens with zero attached hydrogens (tertiary/aromatic N) is 2. The lowest BCUT2D eigenvalue weighted by Crippen LogP contribution is -2.40. The first-order valence-corrected chi connectivity index (χ1v) is 8.61. The molecular weight excluding hydrogens is 320 g/mol. The fourth-order valence-electron chi connectivity index (χ4n) is 2.80. The highest BCUT2D eigenvalue weighted by Gasteiger charge is 2.44. The zero-order chi connectivity index (χ0) is 17.0. The first kappa shape index (κ1) is 16.8. The van der Waals surface area contributed by atoms with Gasteiger partial charge in [0.15, 0.2) is 5.96 Å². The number of guanidine groups is 1. The molecule has 5 heteroatoms. The van der Waals surface area contributed by atoms with Crippen LogP contribution in [0, 0.1) is 6.92 Å². The van der Waals surface area contributed by atoms with E-state index in [1.165, 1.54) is 18.4 Å². The molecule has 3 rings (SSSR count). The fourth-order valence-corrected chi connectivity index (χ4v) is 2.99. The SMILES string of the molecule is CN=C(NCc1ccc(C)nc1)NCC1(c2cccc(Cl)c2)CC1. The number of aryl methyl sites for hydroxylation is 1. The minimum absolute atomic E-state index is 0.188. The summed E-state index contributed by atoms with van der Waals surface area (Å²) < 4.78 is 0. The molecule has 0 saturated heterocycles. The second-order valence-corrected chi connectivity index (χ2v) is 6.81. The lowest BCUT2D eigenvalue weighted by atomic mass is 9.96. The molecule has 126 valence electrons. The van der Waals surface area contributed by atoms with Crippen molar-refractivity contribution in [3.05, 3.63) is 64.4 Å². The summed E-state index contributed by atoms with van der Waals surface area (Å²) in [6.45, 7) is 3.55. The molecule has 1 saturated carbocycles. The third-order valence-electron chi connectivity index (χ3n) is 4.54. The van der Waals surface area contributed by atoms with Gasteiger partial charge in [0, 0.05) is 42.5 Å². The molecule has 4 nitrogen and oxygen atoms in total. The molecule has 1 heterocycles. The van der Waals surface area contributed by atoms with Crippen LogP contribution in [0.25, 0.3) is 0 Å². The number of hydrogen-bond acceptors (Lipinski definition) is 2. The Kier molecular flexibility index (Phi) is 5.05. The number of hydrogen-bond donors (Lipinski definition) is 2. The van der Waals surface area contributed by atoms with Gasteiger partial charge in [-0.25, -0.2) is 0 Å². The molecule has 0 aliphatic heterocycles. The second kappa shape index (κ2) is 7.22. The highest BCUT2D eigenvalue weighted by molar-refractivity contribution is 6.30. The van der Waals surface area contributed by atoms with Crippen LogP contribution in [-0.4, -0.2) is 24.5 Å². The Morgan fingerprint density at radius 3 is 2.71 bits per heavy atom. The molecule has 1 fully saturated rings. The van der Waals surface area contributed by atoms with Crippen molar-refractivity contribution in [2.75, 3.05) is 13.6 Å². The van der Waals surface area contributed by atoms with Crippen LogP contribution in [0.1, 0.15) is 29.7 Å². The number of pyridine rings is 1. The summed E-state index contributed by atoms with van der Waals surface area (Å²) in [4.78, 5) is 8.62. The molecule has 1 aliphatic rings. The van der Waals surface area contributed by atoms with Crippen molar-refractivity contribution in [1.29, 1.82) is 0 Å². The quantitative estimate of drug-likeness (QED) is 0.646. The number of rotatable bonds is 5. The summed E-state index contributed by atoms with van der Waals surface area (Å²) in [7, 11) is 1.79. The first-order chi connectivity index (χ1) is 11.6. The lowest BCUT2D eigenvalue weighted by Gasteiger charge is -2.19. The van der Waals surface area contributed by atoms with Crippen molar-refractivity contribution in [2.24, 2.45) is 4.99 Å². The topological polar surface area (TPSA) is 49.3 Å². The summed E-state index contributed by atoms with van der Waals surface area (Å²) in [6.07, 6.45) is 4.25. The Bertz CT molecular complexity index is 720. The zero-order valence-electron chi connectivity index (χ0n) is 14.1. The van der Waals surface area contributed by atoms with Crippen molar-refractivity contribution in [3.63, 3.8) is 0 Å². The Hall–Kier alpha value is -2.07. The molecule has 0 radical (unpaired) electrons. The van der Waals surface area contributed by atoms with E-state index in [0.29, 0.717) is 6.54 Å². The van der Waals surface area contributed by atoms with Crippen LogP contribution in [0.4, 0.5) is 0 Å². The predicted molar refractivity (Wildman–Crippen MR) is 99.5 cm³/mol. The van der Waals surface area contributed by atoms with Crippen LogP contribution in [0.3, 0.4) is 0 Å². The van der Waals surface area contributed by atoms with E-state index in [1.54, 1.807) is 7.05 Å². The van der Waals surface area contributed by atoms with Gasteiger partial charge in [-0.15, -0.1) is 0 Å². The van der Waals surface area contributed by atoms with Crippen LogP contribution in [0.15, 0.2) is 47.6 Å². The largest absolute Gasteiger partial charge is 0.356 e. The van der Waals surface area contributed by atoms with Gasteiger partial charge in [0.05, 0.1) is 0 Å². The number of benzene rings is 1. The van der Waals surface area contributed by atoms with Crippen LogP contribution >= 0.6 is 11.6 Å². The third-order valence-corrected chi connectivity index (χ3v) is 4.78. The summed E-state index contributed by atoms with van der Waals surface area (Å²) in [6, 6.07) is 12.3. The Balaban J connectivity index is 1.55. The molecule has 2 aromatic rings. The molecule has 0 unspecified atom stereocenters. The van der Waals surface area contributed by atoms with Gasteiger partial charge in [-0.3, -0.25) is 9.98 Å². The minimum atomic E-state index is 0.188. The predicted octanol–water partition coefficient (Wildman–Crippen LogP) is 3.44. The average molecular weight is 343 g/mol. The highest BCUT2D eigenvalue weighted by atomic mass is 35.5. The standard InChI is InChI=1S/C19H23ClN4/c1-14-6-7-15(11-22-14)12-23-18(21-2)24-13-19(8-9-19)16-4-3-5-17(20)10-16/h3-7,10-11H,8-9,12-13H2,1-2H3,(H2,21,23,24). The van der Waals surface area contributed by atoms with Gasteiger partial charge in [-0.1, -0.05) is 29.8 Å². The summed E-state index contributed by atoms with van der Waals surface area (Å²) in [5.74, 6) is 0.809. The van der Waals surface area contributed by atoms with E-state index in [1.807, 2.05) is 31.3 Å². The van der Waals surface area contributed by atoms with Gasteiger partial charge < -0.3 is 10.6 Å². The average Bonchev–Trinajstić information content (AvgIpc) is 3.38. The van der Waals surface area contributed by atoms with Gasteiger partial charge in [0.25, 0.3) is 0 Å². The lowest BCUT2D eigenvalue weighted by molar-refractivity contribution is 0.645. The monoisotopic (exact) mass is 342 g/mol. The number of nitrogens with one attached hydrogen (secondary N) is 2. The van der Waals surface area contributed by atoms with E-state index in [0.717, 1.165) is 28.8 Å².